The third kappa shape index (κ3) is 2.81. The molecule has 0 aromatic heterocycles. The highest BCUT2D eigenvalue weighted by atomic mass is 79.9. The van der Waals surface area contributed by atoms with E-state index in [0.717, 1.165) is 4.89 Å². The van der Waals surface area contributed by atoms with E-state index in [1.165, 1.54) is 0 Å². The van der Waals surface area contributed by atoms with Gasteiger partial charge in [-0.25, -0.2) is 13.2 Å². The van der Waals surface area contributed by atoms with Gasteiger partial charge in [-0.15, -0.1) is 0 Å². The summed E-state index contributed by atoms with van der Waals surface area (Å²) in [7, 11) is -4.37. The summed E-state index contributed by atoms with van der Waals surface area (Å²) >= 11 is 12.2. The fraction of sp³-hybridized carbons (Fsp3) is 0. The molecule has 0 saturated heterocycles. The van der Waals surface area contributed by atoms with E-state index in [-0.39, 0.29) is 13.4 Å². The summed E-state index contributed by atoms with van der Waals surface area (Å²) in [4.78, 5) is 11.7. The second-order valence-corrected chi connectivity index (χ2v) is 7.63. The van der Waals surface area contributed by atoms with Crippen LogP contribution in [0.15, 0.2) is 22.8 Å². The molecule has 0 saturated carbocycles. The fourth-order valence-corrected chi connectivity index (χ4v) is 5.18. The number of carboxylic acids is 1. The minimum Gasteiger partial charge on any atom is -0.478 e. The van der Waals surface area contributed by atoms with Crippen LogP contribution < -0.4 is 4.89 Å². The van der Waals surface area contributed by atoms with E-state index in [1.807, 2.05) is 0 Å². The number of hydrogen-bond acceptors (Lipinski definition) is 4. The predicted octanol–water partition coefficient (Wildman–Crippen LogP) is 3.10. The molecule has 6 nitrogen and oxygen atoms in total. The zero-order valence-corrected chi connectivity index (χ0v) is 15.2. The Morgan fingerprint density at radius 2 is 1.44 bits per heavy atom. The smallest absolute Gasteiger partial charge is 0.338 e. The maximum Gasteiger partial charge on any atom is 0.338 e. The fourth-order valence-electron chi connectivity index (χ4n) is 1.10. The highest BCUT2D eigenvalue weighted by molar-refractivity contribution is 9.15. The van der Waals surface area contributed by atoms with Crippen molar-refractivity contribution in [1.29, 1.82) is 0 Å². The van der Waals surface area contributed by atoms with Gasteiger partial charge in [0.15, 0.2) is 0 Å². The molecule has 0 bridgehead atoms. The zero-order valence-electron chi connectivity index (χ0n) is 8.04. The number of aromatic carboxylic acids is 1. The summed E-state index contributed by atoms with van der Waals surface area (Å²) in [5.74, 6) is -1.47. The highest BCUT2D eigenvalue weighted by Gasteiger charge is 2.31. The van der Waals surface area contributed by atoms with Gasteiger partial charge in [0.1, 0.15) is 4.90 Å². The molecule has 0 spiro atoms. The average molecular weight is 533 g/mol. The number of benzene rings is 1. The van der Waals surface area contributed by atoms with Gasteiger partial charge in [-0.05, 0) is 63.7 Å². The Bertz CT molecular complexity index is 629. The molecule has 0 aliphatic carbocycles. The van der Waals surface area contributed by atoms with Crippen LogP contribution in [0, 0.1) is 0 Å². The Labute approximate surface area is 135 Å². The topological polar surface area (TPSA) is 104 Å². The lowest BCUT2D eigenvalue weighted by atomic mass is 10.2. The number of nitrogens with one attached hydrogen (secondary N) is 1. The molecule has 0 radical (unpaired) electrons. The van der Waals surface area contributed by atoms with Crippen molar-refractivity contribution in [2.75, 3.05) is 0 Å². The van der Waals surface area contributed by atoms with Crippen molar-refractivity contribution < 1.29 is 23.5 Å². The molecule has 0 amide bonds. The summed E-state index contributed by atoms with van der Waals surface area (Å²) in [5, 5.41) is 17.7. The van der Waals surface area contributed by atoms with Crippen molar-refractivity contribution in [3.8, 4) is 0 Å². The van der Waals surface area contributed by atoms with E-state index in [1.54, 1.807) is 0 Å². The highest BCUT2D eigenvalue weighted by Crippen LogP contribution is 2.43. The van der Waals surface area contributed by atoms with Crippen LogP contribution in [-0.4, -0.2) is 24.7 Å². The maximum atomic E-state index is 11.7. The average Bonchev–Trinajstić information content (AvgIpc) is 2.29. The van der Waals surface area contributed by atoms with Gasteiger partial charge in [0.2, 0.25) is 0 Å². The first-order chi connectivity index (χ1) is 8.15. The lowest BCUT2D eigenvalue weighted by molar-refractivity contribution is 0.0691. The first-order valence-corrected chi connectivity index (χ1v) is 8.55. The van der Waals surface area contributed by atoms with Gasteiger partial charge < -0.3 is 10.3 Å². The van der Waals surface area contributed by atoms with E-state index in [2.05, 4.69) is 63.7 Å². The molecule has 100 valence electrons. The van der Waals surface area contributed by atoms with Crippen LogP contribution in [0.4, 0.5) is 0 Å². The molecule has 0 aliphatic rings. The number of halogens is 4. The van der Waals surface area contributed by atoms with Crippen LogP contribution in [0.5, 0.6) is 0 Å². The molecule has 0 aliphatic heterocycles. The van der Waals surface area contributed by atoms with Gasteiger partial charge >= 0.3 is 5.97 Å². The van der Waals surface area contributed by atoms with Gasteiger partial charge in [-0.1, -0.05) is 4.89 Å². The van der Waals surface area contributed by atoms with Crippen LogP contribution in [0.2, 0.25) is 0 Å². The second kappa shape index (κ2) is 5.85. The summed E-state index contributed by atoms with van der Waals surface area (Å²) in [6.07, 6.45) is 0. The lowest BCUT2D eigenvalue weighted by Crippen LogP contribution is -2.23. The summed E-state index contributed by atoms with van der Waals surface area (Å²) in [6.45, 7) is 0. The molecular formula is C7H3Br4NO5S. The van der Waals surface area contributed by atoms with E-state index >= 15 is 0 Å². The van der Waals surface area contributed by atoms with E-state index < -0.39 is 26.5 Å². The Kier molecular flexibility index (Phi) is 5.38. The van der Waals surface area contributed by atoms with Gasteiger partial charge in [-0.3, -0.25) is 0 Å². The van der Waals surface area contributed by atoms with Crippen LogP contribution in [0.25, 0.3) is 0 Å². The molecule has 0 unspecified atom stereocenters. The monoisotopic (exact) mass is 529 g/mol. The SMILES string of the molecule is O=C(O)c1c(Br)c(Br)c(Br)c(Br)c1S(=O)(=O)NO. The molecular weight excluding hydrogens is 530 g/mol. The first kappa shape index (κ1) is 16.5. The van der Waals surface area contributed by atoms with Crippen LogP contribution in [-0.2, 0) is 10.0 Å². The van der Waals surface area contributed by atoms with E-state index in [4.69, 9.17) is 10.3 Å². The Balaban J connectivity index is 3.97. The van der Waals surface area contributed by atoms with E-state index in [0.29, 0.717) is 4.47 Å². The molecule has 1 aromatic carbocycles. The predicted molar refractivity (Wildman–Crippen MR) is 76.3 cm³/mol. The van der Waals surface area contributed by atoms with Gasteiger partial charge in [0, 0.05) is 13.4 Å². The van der Waals surface area contributed by atoms with Crippen LogP contribution in [0.3, 0.4) is 0 Å². The molecule has 0 heterocycles. The normalized spacial score (nSPS) is 11.6. The Hall–Kier alpha value is 0.480. The molecule has 1 aromatic rings. The van der Waals surface area contributed by atoms with Gasteiger partial charge in [0.05, 0.1) is 10.0 Å². The van der Waals surface area contributed by atoms with Crippen molar-refractivity contribution in [3.05, 3.63) is 23.5 Å². The lowest BCUT2D eigenvalue weighted by Gasteiger charge is -2.13. The summed E-state index contributed by atoms with van der Waals surface area (Å²) in [5.41, 5.74) is -0.515. The van der Waals surface area contributed by atoms with Crippen molar-refractivity contribution in [2.24, 2.45) is 0 Å². The maximum absolute atomic E-state index is 11.7. The van der Waals surface area contributed by atoms with Gasteiger partial charge in [0.25, 0.3) is 10.0 Å². The standard InChI is InChI=1S/C7H3Br4NO5S/c8-2-1(7(13)14)6(18(16,17)12-15)5(11)4(10)3(2)9/h12,15H,(H,13,14). The Morgan fingerprint density at radius 1 is 1.00 bits per heavy atom. The molecule has 3 N–H and O–H groups in total. The minimum atomic E-state index is -4.37. The molecule has 0 fully saturated rings. The van der Waals surface area contributed by atoms with E-state index in [9.17, 15) is 13.2 Å². The van der Waals surface area contributed by atoms with Crippen molar-refractivity contribution in [2.45, 2.75) is 4.90 Å². The minimum absolute atomic E-state index is 0.0268. The second-order valence-electron chi connectivity index (χ2n) is 2.86. The third-order valence-electron chi connectivity index (χ3n) is 1.83. The quantitative estimate of drug-likeness (QED) is 0.315. The first-order valence-electron chi connectivity index (χ1n) is 3.90. The zero-order chi connectivity index (χ0) is 14.2. The van der Waals surface area contributed by atoms with Crippen molar-refractivity contribution in [3.63, 3.8) is 0 Å². The van der Waals surface area contributed by atoms with Crippen molar-refractivity contribution in [1.82, 2.24) is 4.89 Å². The number of carbonyl (C=O) groups is 1. The molecule has 0 atom stereocenters. The molecule has 11 heteroatoms. The largest absolute Gasteiger partial charge is 0.478 e. The molecule has 18 heavy (non-hydrogen) atoms. The summed E-state index contributed by atoms with van der Waals surface area (Å²) in [6, 6.07) is 0. The van der Waals surface area contributed by atoms with Crippen LogP contribution in [0.1, 0.15) is 10.4 Å². The van der Waals surface area contributed by atoms with Crippen LogP contribution >= 0.6 is 63.7 Å². The van der Waals surface area contributed by atoms with Crippen molar-refractivity contribution >= 4 is 79.7 Å². The Morgan fingerprint density at radius 3 is 1.83 bits per heavy atom. The third-order valence-corrected chi connectivity index (χ3v) is 8.04. The number of hydrogen-bond donors (Lipinski definition) is 3. The number of rotatable bonds is 3. The molecule has 1 rings (SSSR count). The number of sulfonamides is 1. The summed E-state index contributed by atoms with van der Waals surface area (Å²) < 4.78 is 23.9. The van der Waals surface area contributed by atoms with Gasteiger partial charge in [-0.2, -0.15) is 0 Å². The number of carboxylic acid groups (broad SMARTS) is 1.